The second kappa shape index (κ2) is 6.88. The van der Waals surface area contributed by atoms with Crippen molar-refractivity contribution < 1.29 is 0 Å². The first-order valence-corrected chi connectivity index (χ1v) is 7.86. The highest BCUT2D eigenvalue weighted by Gasteiger charge is 2.31. The Balaban J connectivity index is 1.93. The summed E-state index contributed by atoms with van der Waals surface area (Å²) in [5, 5.41) is 3.72. The SMILES string of the molecule is CCCC1CN(C2CCN(C)CC2C)CCCN1. The van der Waals surface area contributed by atoms with Crippen LogP contribution in [0.2, 0.25) is 0 Å². The van der Waals surface area contributed by atoms with Crippen molar-refractivity contribution in [3.8, 4) is 0 Å². The molecule has 2 aliphatic rings. The van der Waals surface area contributed by atoms with Gasteiger partial charge in [0.05, 0.1) is 0 Å². The molecular formula is C15H31N3. The van der Waals surface area contributed by atoms with Crippen LogP contribution in [-0.2, 0) is 0 Å². The third-order valence-corrected chi connectivity index (χ3v) is 4.68. The molecule has 1 N–H and O–H groups in total. The quantitative estimate of drug-likeness (QED) is 0.827. The maximum Gasteiger partial charge on any atom is 0.0195 e. The second-order valence-corrected chi connectivity index (χ2v) is 6.38. The van der Waals surface area contributed by atoms with Crippen molar-refractivity contribution in [2.45, 2.75) is 51.6 Å². The molecule has 18 heavy (non-hydrogen) atoms. The molecule has 3 nitrogen and oxygen atoms in total. The largest absolute Gasteiger partial charge is 0.313 e. The average Bonchev–Trinajstić information content (AvgIpc) is 2.55. The molecule has 2 fully saturated rings. The van der Waals surface area contributed by atoms with E-state index in [1.807, 2.05) is 0 Å². The Kier molecular flexibility index (Phi) is 5.46. The fourth-order valence-corrected chi connectivity index (χ4v) is 3.75. The third-order valence-electron chi connectivity index (χ3n) is 4.68. The van der Waals surface area contributed by atoms with E-state index in [0.29, 0.717) is 0 Å². The summed E-state index contributed by atoms with van der Waals surface area (Å²) >= 11 is 0. The highest BCUT2D eigenvalue weighted by Crippen LogP contribution is 2.23. The molecule has 3 atom stereocenters. The number of piperidine rings is 1. The Morgan fingerprint density at radius 3 is 2.78 bits per heavy atom. The van der Waals surface area contributed by atoms with Crippen LogP contribution in [0.25, 0.3) is 0 Å². The zero-order chi connectivity index (χ0) is 13.0. The molecule has 0 aromatic heterocycles. The van der Waals surface area contributed by atoms with Gasteiger partial charge in [-0.1, -0.05) is 20.3 Å². The van der Waals surface area contributed by atoms with E-state index in [1.165, 1.54) is 58.4 Å². The van der Waals surface area contributed by atoms with E-state index in [0.717, 1.165) is 18.0 Å². The molecule has 3 unspecified atom stereocenters. The van der Waals surface area contributed by atoms with E-state index in [-0.39, 0.29) is 0 Å². The van der Waals surface area contributed by atoms with E-state index in [9.17, 15) is 0 Å². The standard InChI is InChI=1S/C15H31N3/c1-4-6-14-12-18(9-5-8-16-14)15-7-10-17(3)11-13(15)2/h13-16H,4-12H2,1-3H3. The highest BCUT2D eigenvalue weighted by molar-refractivity contribution is 4.87. The number of rotatable bonds is 3. The minimum absolute atomic E-state index is 0.726. The van der Waals surface area contributed by atoms with Gasteiger partial charge in [0, 0.05) is 25.2 Å². The lowest BCUT2D eigenvalue weighted by atomic mass is 9.92. The first-order valence-electron chi connectivity index (χ1n) is 7.86. The van der Waals surface area contributed by atoms with Gasteiger partial charge < -0.3 is 10.2 Å². The average molecular weight is 253 g/mol. The van der Waals surface area contributed by atoms with Crippen molar-refractivity contribution in [1.29, 1.82) is 0 Å². The van der Waals surface area contributed by atoms with E-state index in [4.69, 9.17) is 0 Å². The molecule has 0 aliphatic carbocycles. The first kappa shape index (κ1) is 14.3. The molecule has 0 radical (unpaired) electrons. The van der Waals surface area contributed by atoms with Gasteiger partial charge in [0.2, 0.25) is 0 Å². The van der Waals surface area contributed by atoms with Crippen LogP contribution in [0.4, 0.5) is 0 Å². The Hall–Kier alpha value is -0.120. The maximum absolute atomic E-state index is 3.72. The predicted octanol–water partition coefficient (Wildman–Crippen LogP) is 1.79. The molecule has 0 amide bonds. The van der Waals surface area contributed by atoms with Gasteiger partial charge in [-0.05, 0) is 51.9 Å². The van der Waals surface area contributed by atoms with Crippen LogP contribution in [-0.4, -0.2) is 61.7 Å². The lowest BCUT2D eigenvalue weighted by molar-refractivity contribution is 0.0733. The number of likely N-dealkylation sites (tertiary alicyclic amines) is 1. The number of nitrogens with one attached hydrogen (secondary N) is 1. The summed E-state index contributed by atoms with van der Waals surface area (Å²) < 4.78 is 0. The summed E-state index contributed by atoms with van der Waals surface area (Å²) in [4.78, 5) is 5.28. The molecule has 2 heterocycles. The van der Waals surface area contributed by atoms with Gasteiger partial charge in [-0.2, -0.15) is 0 Å². The van der Waals surface area contributed by atoms with Crippen LogP contribution in [0.5, 0.6) is 0 Å². The van der Waals surface area contributed by atoms with Crippen LogP contribution in [0.3, 0.4) is 0 Å². The van der Waals surface area contributed by atoms with Crippen molar-refractivity contribution >= 4 is 0 Å². The Morgan fingerprint density at radius 1 is 1.22 bits per heavy atom. The molecule has 0 saturated carbocycles. The molecule has 3 heteroatoms. The van der Waals surface area contributed by atoms with Crippen LogP contribution < -0.4 is 5.32 Å². The molecule has 0 bridgehead atoms. The molecular weight excluding hydrogens is 222 g/mol. The Labute approximate surface area is 113 Å². The summed E-state index contributed by atoms with van der Waals surface area (Å²) in [6.45, 7) is 11.1. The van der Waals surface area contributed by atoms with Gasteiger partial charge in [0.15, 0.2) is 0 Å². The summed E-state index contributed by atoms with van der Waals surface area (Å²) in [7, 11) is 2.26. The lowest BCUT2D eigenvalue weighted by Gasteiger charge is -2.42. The van der Waals surface area contributed by atoms with Gasteiger partial charge in [-0.25, -0.2) is 0 Å². The Bertz CT molecular complexity index is 244. The summed E-state index contributed by atoms with van der Waals surface area (Å²) in [5.74, 6) is 0.823. The summed E-state index contributed by atoms with van der Waals surface area (Å²) in [6.07, 6.45) is 5.31. The number of hydrogen-bond acceptors (Lipinski definition) is 3. The van der Waals surface area contributed by atoms with Crippen molar-refractivity contribution in [3.05, 3.63) is 0 Å². The normalized spacial score (nSPS) is 36.5. The summed E-state index contributed by atoms with van der Waals surface area (Å²) in [6, 6.07) is 1.55. The molecule has 106 valence electrons. The van der Waals surface area contributed by atoms with Crippen LogP contribution in [0.1, 0.15) is 39.5 Å². The van der Waals surface area contributed by atoms with Gasteiger partial charge in [-0.3, -0.25) is 4.90 Å². The van der Waals surface area contributed by atoms with E-state index < -0.39 is 0 Å². The van der Waals surface area contributed by atoms with Crippen molar-refractivity contribution in [1.82, 2.24) is 15.1 Å². The molecule has 2 saturated heterocycles. The number of hydrogen-bond donors (Lipinski definition) is 1. The van der Waals surface area contributed by atoms with Crippen LogP contribution in [0.15, 0.2) is 0 Å². The first-order chi connectivity index (χ1) is 8.70. The third kappa shape index (κ3) is 3.69. The van der Waals surface area contributed by atoms with Gasteiger partial charge in [0.25, 0.3) is 0 Å². The minimum Gasteiger partial charge on any atom is -0.313 e. The van der Waals surface area contributed by atoms with Gasteiger partial charge in [-0.15, -0.1) is 0 Å². The number of nitrogens with zero attached hydrogens (tertiary/aromatic N) is 2. The van der Waals surface area contributed by atoms with E-state index in [1.54, 1.807) is 0 Å². The van der Waals surface area contributed by atoms with Crippen molar-refractivity contribution in [3.63, 3.8) is 0 Å². The summed E-state index contributed by atoms with van der Waals surface area (Å²) in [5.41, 5.74) is 0. The zero-order valence-corrected chi connectivity index (χ0v) is 12.5. The van der Waals surface area contributed by atoms with Gasteiger partial charge in [0.1, 0.15) is 0 Å². The monoisotopic (exact) mass is 253 g/mol. The lowest BCUT2D eigenvalue weighted by Crippen LogP contribution is -2.51. The fraction of sp³-hybridized carbons (Fsp3) is 1.00. The molecule has 2 rings (SSSR count). The molecule has 0 aromatic carbocycles. The van der Waals surface area contributed by atoms with E-state index in [2.05, 4.69) is 36.0 Å². The second-order valence-electron chi connectivity index (χ2n) is 6.38. The molecule has 2 aliphatic heterocycles. The highest BCUT2D eigenvalue weighted by atomic mass is 15.2. The van der Waals surface area contributed by atoms with Crippen molar-refractivity contribution in [2.75, 3.05) is 39.8 Å². The topological polar surface area (TPSA) is 18.5 Å². The minimum atomic E-state index is 0.726. The smallest absolute Gasteiger partial charge is 0.0195 e. The van der Waals surface area contributed by atoms with Crippen LogP contribution in [0, 0.1) is 5.92 Å². The maximum atomic E-state index is 3.72. The van der Waals surface area contributed by atoms with Crippen molar-refractivity contribution in [2.24, 2.45) is 5.92 Å². The predicted molar refractivity (Wildman–Crippen MR) is 78.0 cm³/mol. The van der Waals surface area contributed by atoms with E-state index >= 15 is 0 Å². The van der Waals surface area contributed by atoms with Gasteiger partial charge >= 0.3 is 0 Å². The molecule has 0 aromatic rings. The molecule has 0 spiro atoms. The Morgan fingerprint density at radius 2 is 2.06 bits per heavy atom. The fourth-order valence-electron chi connectivity index (χ4n) is 3.75. The van der Waals surface area contributed by atoms with Crippen LogP contribution >= 0.6 is 0 Å². The zero-order valence-electron chi connectivity index (χ0n) is 12.5.